The minimum atomic E-state index is -4.80. The van der Waals surface area contributed by atoms with Crippen LogP contribution in [0.3, 0.4) is 0 Å². The van der Waals surface area contributed by atoms with Crippen molar-refractivity contribution in [2.45, 2.75) is 116 Å². The van der Waals surface area contributed by atoms with Crippen molar-refractivity contribution in [2.75, 3.05) is 60.8 Å². The lowest BCUT2D eigenvalue weighted by molar-refractivity contribution is -0.144. The second-order valence-electron chi connectivity index (χ2n) is 19.2. The summed E-state index contributed by atoms with van der Waals surface area (Å²) >= 11 is 5.62. The number of alkyl halides is 3. The van der Waals surface area contributed by atoms with Crippen molar-refractivity contribution in [1.29, 1.82) is 5.26 Å². The number of aliphatic hydroxyl groups is 1. The van der Waals surface area contributed by atoms with Crippen molar-refractivity contribution in [1.82, 2.24) is 20.5 Å². The Labute approximate surface area is 416 Å². The number of pyridine rings is 1. The summed E-state index contributed by atoms with van der Waals surface area (Å²) in [5.74, 6) is -0.789. The van der Waals surface area contributed by atoms with Crippen LogP contribution in [0.1, 0.15) is 96.3 Å². The molecular weight excluding hydrogens is 946 g/mol. The van der Waals surface area contributed by atoms with Crippen LogP contribution >= 0.6 is 12.2 Å². The van der Waals surface area contributed by atoms with Crippen LogP contribution in [-0.4, -0.2) is 119 Å². The smallest absolute Gasteiger partial charge is 0.417 e. The van der Waals surface area contributed by atoms with Gasteiger partial charge >= 0.3 is 6.18 Å². The fourth-order valence-electron chi connectivity index (χ4n) is 8.56. The van der Waals surface area contributed by atoms with Crippen LogP contribution in [-0.2, 0) is 46.2 Å². The first-order valence-electron chi connectivity index (χ1n) is 23.6. The molecule has 0 bridgehead atoms. The maximum Gasteiger partial charge on any atom is 0.417 e. The number of benzene rings is 2. The van der Waals surface area contributed by atoms with E-state index < -0.39 is 70.1 Å². The van der Waals surface area contributed by atoms with Gasteiger partial charge in [0.1, 0.15) is 35.8 Å². The predicted octanol–water partition coefficient (Wildman–Crippen LogP) is 5.80. The Morgan fingerprint density at radius 1 is 0.958 bits per heavy atom. The van der Waals surface area contributed by atoms with Gasteiger partial charge in [0, 0.05) is 64.2 Å². The highest BCUT2D eigenvalue weighted by Crippen LogP contribution is 2.40. The summed E-state index contributed by atoms with van der Waals surface area (Å²) < 4.78 is 58.3. The van der Waals surface area contributed by atoms with E-state index >= 15 is 0 Å². The van der Waals surface area contributed by atoms with Crippen molar-refractivity contribution >= 4 is 64.1 Å². The largest absolute Gasteiger partial charge is 0.494 e. The summed E-state index contributed by atoms with van der Waals surface area (Å²) in [4.78, 5) is 75.8. The fraction of sp³-hybridized carbons (Fsp3) is 0.520. The SMILES string of the molecule is CC(C)(C)C(NC(=O)COCCCOCCCCCOc1ccc(N2C(=S)N(c3ccc(C#N)c(C(F)(F)F)c3)C(=O)C2(C)C)cc1)C(=O)N1C[C@H](O)C[C@H]1C(=O)NCc1ccc(N2CCCC2=O)nc1. The number of unbranched alkanes of at least 4 members (excludes halogenated alkanes) is 2. The van der Waals surface area contributed by atoms with E-state index in [-0.39, 0.29) is 49.4 Å². The number of amides is 5. The summed E-state index contributed by atoms with van der Waals surface area (Å²) in [6.07, 6.45) is 0.0957. The predicted molar refractivity (Wildman–Crippen MR) is 260 cm³/mol. The second kappa shape index (κ2) is 23.3. The third-order valence-corrected chi connectivity index (χ3v) is 12.7. The maximum atomic E-state index is 13.9. The molecule has 17 nitrogen and oxygen atoms in total. The lowest BCUT2D eigenvalue weighted by Crippen LogP contribution is -2.58. The average molecular weight is 1010 g/mol. The number of thiocarbonyl (C=S) groups is 1. The number of likely N-dealkylation sites (tertiary alicyclic amines) is 1. The van der Waals surface area contributed by atoms with Crippen LogP contribution in [0.25, 0.3) is 0 Å². The minimum Gasteiger partial charge on any atom is -0.494 e. The Kier molecular flexibility index (Phi) is 17.8. The van der Waals surface area contributed by atoms with Crippen molar-refractivity contribution in [3.05, 3.63) is 77.5 Å². The maximum absolute atomic E-state index is 13.9. The zero-order valence-corrected chi connectivity index (χ0v) is 41.4. The van der Waals surface area contributed by atoms with Crippen LogP contribution < -0.4 is 30.1 Å². The minimum absolute atomic E-state index is 0.00310. The number of hydrogen-bond acceptors (Lipinski definition) is 12. The number of nitrogens with one attached hydrogen (secondary N) is 2. The van der Waals surface area contributed by atoms with Crippen LogP contribution in [0, 0.1) is 16.7 Å². The highest BCUT2D eigenvalue weighted by Gasteiger charge is 2.51. The summed E-state index contributed by atoms with van der Waals surface area (Å²) in [5, 5.41) is 25.3. The molecule has 3 aliphatic rings. The second-order valence-corrected chi connectivity index (χ2v) is 19.6. The molecule has 3 atom stereocenters. The van der Waals surface area contributed by atoms with Gasteiger partial charge in [-0.05, 0) is 118 Å². The average Bonchev–Trinajstić information content (AvgIpc) is 3.99. The van der Waals surface area contributed by atoms with E-state index in [4.69, 9.17) is 26.4 Å². The highest BCUT2D eigenvalue weighted by atomic mass is 32.1. The molecule has 3 fully saturated rings. The van der Waals surface area contributed by atoms with Crippen molar-refractivity contribution < 1.29 is 56.5 Å². The molecule has 3 saturated heterocycles. The Balaban J connectivity index is 0.848. The topological polar surface area (TPSA) is 207 Å². The first kappa shape index (κ1) is 54.1. The molecule has 382 valence electrons. The molecule has 2 aromatic carbocycles. The quantitative estimate of drug-likeness (QED) is 0.0854. The van der Waals surface area contributed by atoms with Gasteiger partial charge in [0.2, 0.25) is 23.6 Å². The number of β-amino-alcohol motifs (C(OH)–C–C–N with tert-alkyl or cyclic N) is 1. The zero-order chi connectivity index (χ0) is 51.7. The van der Waals surface area contributed by atoms with E-state index in [1.165, 1.54) is 11.0 Å². The molecule has 3 aliphatic heterocycles. The molecule has 6 rings (SSSR count). The Hall–Kier alpha value is -6.21. The monoisotopic (exact) mass is 1010 g/mol. The molecule has 1 unspecified atom stereocenters. The number of nitriles is 1. The van der Waals surface area contributed by atoms with E-state index in [1.54, 1.807) is 93.1 Å². The van der Waals surface area contributed by atoms with Crippen LogP contribution in [0.4, 0.5) is 30.4 Å². The third kappa shape index (κ3) is 13.4. The van der Waals surface area contributed by atoms with Gasteiger partial charge in [-0.3, -0.25) is 33.8 Å². The summed E-state index contributed by atoms with van der Waals surface area (Å²) in [7, 11) is 0. The van der Waals surface area contributed by atoms with E-state index in [9.17, 15) is 47.5 Å². The number of rotatable bonds is 21. The van der Waals surface area contributed by atoms with Gasteiger partial charge in [0.25, 0.3) is 5.91 Å². The number of hydrogen-bond donors (Lipinski definition) is 3. The Morgan fingerprint density at radius 3 is 2.30 bits per heavy atom. The van der Waals surface area contributed by atoms with E-state index in [2.05, 4.69) is 15.6 Å². The molecule has 0 radical (unpaired) electrons. The van der Waals surface area contributed by atoms with Gasteiger partial charge in [0.05, 0.1) is 35.6 Å². The summed E-state index contributed by atoms with van der Waals surface area (Å²) in [6, 6.07) is 13.1. The Bertz CT molecular complexity index is 2460. The number of carbonyl (C=O) groups excluding carboxylic acids is 5. The van der Waals surface area contributed by atoms with Gasteiger partial charge in [0.15, 0.2) is 5.11 Å². The number of carbonyl (C=O) groups is 5. The van der Waals surface area contributed by atoms with Crippen LogP contribution in [0.15, 0.2) is 60.8 Å². The number of ether oxygens (including phenoxy) is 3. The molecule has 4 heterocycles. The van der Waals surface area contributed by atoms with Crippen LogP contribution in [0.2, 0.25) is 0 Å². The van der Waals surface area contributed by atoms with Gasteiger partial charge in [-0.1, -0.05) is 26.8 Å². The number of nitrogens with zero attached hydrogens (tertiary/aromatic N) is 6. The number of aliphatic hydroxyl groups excluding tert-OH is 1. The standard InChI is InChI=1S/C50H61F3N8O9S/c1-48(2,3)43(45(66)59-30-36(62)26-39(59)44(65)56-29-32-12-19-40(55-28-32)58-20-9-11-42(58)64)57-41(63)31-69-23-10-22-68-21-7-6-8-24-70-37-17-15-34(16-18-37)61-47(71)60(46(67)49(61,4)5)35-14-13-33(27-54)38(25-35)50(51,52)53/h12-19,25,28,36,39,43,62H,6-11,20-24,26,29-31H2,1-5H3,(H,56,65)(H,57,63)/t36-,39+,43?/m1/s1. The normalized spacial score (nSPS) is 18.5. The van der Waals surface area contributed by atoms with Crippen molar-refractivity contribution in [3.8, 4) is 11.8 Å². The molecule has 3 N–H and O–H groups in total. The molecule has 0 aliphatic carbocycles. The van der Waals surface area contributed by atoms with E-state index in [1.807, 2.05) is 0 Å². The first-order valence-corrected chi connectivity index (χ1v) is 24.0. The molecular formula is C50H61F3N8O9S. The Morgan fingerprint density at radius 2 is 1.65 bits per heavy atom. The van der Waals surface area contributed by atoms with E-state index in [0.717, 1.165) is 42.7 Å². The van der Waals surface area contributed by atoms with Crippen molar-refractivity contribution in [2.24, 2.45) is 5.41 Å². The number of anilines is 3. The first-order chi connectivity index (χ1) is 33.6. The van der Waals surface area contributed by atoms with Gasteiger partial charge in [-0.25, -0.2) is 4.98 Å². The molecule has 3 aromatic rings. The van der Waals surface area contributed by atoms with Gasteiger partial charge in [-0.2, -0.15) is 18.4 Å². The summed E-state index contributed by atoms with van der Waals surface area (Å²) in [6.45, 7) is 10.7. The molecule has 21 heteroatoms. The van der Waals surface area contributed by atoms with E-state index in [0.29, 0.717) is 62.0 Å². The number of halogens is 3. The number of aromatic nitrogens is 1. The zero-order valence-electron chi connectivity index (χ0n) is 40.6. The molecule has 0 saturated carbocycles. The highest BCUT2D eigenvalue weighted by molar-refractivity contribution is 7.81. The molecule has 1 aromatic heterocycles. The molecule has 5 amide bonds. The summed E-state index contributed by atoms with van der Waals surface area (Å²) in [5.41, 5.74) is -2.50. The lowest BCUT2D eigenvalue weighted by atomic mass is 9.85. The lowest BCUT2D eigenvalue weighted by Gasteiger charge is -2.35. The molecule has 71 heavy (non-hydrogen) atoms. The van der Waals surface area contributed by atoms with Gasteiger partial charge in [-0.15, -0.1) is 0 Å². The van der Waals surface area contributed by atoms with Crippen LogP contribution in [0.5, 0.6) is 5.75 Å². The fourth-order valence-corrected chi connectivity index (χ4v) is 9.08. The van der Waals surface area contributed by atoms with Gasteiger partial charge < -0.3 is 39.8 Å². The molecule has 0 spiro atoms. The van der Waals surface area contributed by atoms with Crippen molar-refractivity contribution in [3.63, 3.8) is 0 Å². The third-order valence-electron chi connectivity index (χ3n) is 12.4.